The Kier molecular flexibility index (Phi) is 4.48. The van der Waals surface area contributed by atoms with E-state index in [1.54, 1.807) is 0 Å². The number of hydrogen-bond acceptors (Lipinski definition) is 4. The number of rotatable bonds is 4. The summed E-state index contributed by atoms with van der Waals surface area (Å²) in [7, 11) is 0. The molecule has 1 aromatic carbocycles. The molecule has 1 aliphatic rings. The number of piperazine rings is 1. The minimum absolute atomic E-state index is 0.758. The Morgan fingerprint density at radius 2 is 1.81 bits per heavy atom. The van der Waals surface area contributed by atoms with E-state index < -0.39 is 0 Å². The largest absolute Gasteiger partial charge is 0.329 e. The van der Waals surface area contributed by atoms with Crippen LogP contribution >= 0.6 is 0 Å². The van der Waals surface area contributed by atoms with Gasteiger partial charge in [-0.25, -0.2) is 0 Å². The van der Waals surface area contributed by atoms with Crippen molar-refractivity contribution in [3.05, 3.63) is 41.6 Å². The summed E-state index contributed by atoms with van der Waals surface area (Å²) >= 11 is 0. The molecule has 2 N–H and O–H groups in total. The maximum Gasteiger partial charge on any atom is 0.0708 e. The molecule has 0 saturated carbocycles. The summed E-state index contributed by atoms with van der Waals surface area (Å²) in [6, 6.07) is 10.7. The van der Waals surface area contributed by atoms with Crippen molar-refractivity contribution in [2.75, 3.05) is 39.3 Å². The molecular weight excluding hydrogens is 260 g/mol. The van der Waals surface area contributed by atoms with E-state index in [0.717, 1.165) is 57.0 Å². The number of para-hydroxylation sites is 1. The van der Waals surface area contributed by atoms with Crippen LogP contribution < -0.4 is 5.73 Å². The summed E-state index contributed by atoms with van der Waals surface area (Å²) in [4.78, 5) is 9.61. The molecule has 1 fully saturated rings. The van der Waals surface area contributed by atoms with Crippen LogP contribution in [0.25, 0.3) is 10.9 Å². The number of hydrogen-bond donors (Lipinski definition) is 1. The van der Waals surface area contributed by atoms with E-state index in [4.69, 9.17) is 5.73 Å². The lowest BCUT2D eigenvalue weighted by Crippen LogP contribution is -2.47. The van der Waals surface area contributed by atoms with Crippen molar-refractivity contribution in [1.29, 1.82) is 0 Å². The van der Waals surface area contributed by atoms with Crippen LogP contribution in [-0.4, -0.2) is 54.1 Å². The van der Waals surface area contributed by atoms with Crippen LogP contribution in [0.3, 0.4) is 0 Å². The molecular formula is C17H24N4. The molecule has 0 aliphatic carbocycles. The Hall–Kier alpha value is -1.49. The predicted molar refractivity (Wildman–Crippen MR) is 87.3 cm³/mol. The van der Waals surface area contributed by atoms with E-state index in [-0.39, 0.29) is 0 Å². The second-order valence-corrected chi connectivity index (χ2v) is 5.85. The van der Waals surface area contributed by atoms with Gasteiger partial charge in [-0.1, -0.05) is 18.2 Å². The lowest BCUT2D eigenvalue weighted by Gasteiger charge is -2.34. The first-order valence-corrected chi connectivity index (χ1v) is 7.76. The van der Waals surface area contributed by atoms with Crippen molar-refractivity contribution in [2.45, 2.75) is 13.5 Å². The zero-order valence-electron chi connectivity index (χ0n) is 12.8. The molecule has 21 heavy (non-hydrogen) atoms. The molecule has 1 aromatic heterocycles. The molecule has 0 atom stereocenters. The van der Waals surface area contributed by atoms with Crippen LogP contribution in [0.4, 0.5) is 0 Å². The van der Waals surface area contributed by atoms with Crippen LogP contribution in [0, 0.1) is 6.92 Å². The molecule has 112 valence electrons. The highest BCUT2D eigenvalue weighted by molar-refractivity contribution is 5.82. The van der Waals surface area contributed by atoms with E-state index >= 15 is 0 Å². The molecule has 1 saturated heterocycles. The first-order chi connectivity index (χ1) is 10.3. The van der Waals surface area contributed by atoms with Crippen LogP contribution in [0.5, 0.6) is 0 Å². The summed E-state index contributed by atoms with van der Waals surface area (Å²) in [5.74, 6) is 0. The van der Waals surface area contributed by atoms with Gasteiger partial charge < -0.3 is 5.73 Å². The van der Waals surface area contributed by atoms with Gasteiger partial charge in [0.1, 0.15) is 0 Å². The Bertz CT molecular complexity index is 603. The molecule has 0 unspecified atom stereocenters. The highest BCUT2D eigenvalue weighted by Crippen LogP contribution is 2.20. The second-order valence-electron chi connectivity index (χ2n) is 5.85. The summed E-state index contributed by atoms with van der Waals surface area (Å²) in [5, 5.41) is 1.28. The van der Waals surface area contributed by atoms with Crippen molar-refractivity contribution in [3.63, 3.8) is 0 Å². The Morgan fingerprint density at radius 1 is 1.10 bits per heavy atom. The molecule has 0 spiro atoms. The minimum Gasteiger partial charge on any atom is -0.329 e. The molecule has 0 amide bonds. The van der Waals surface area contributed by atoms with Gasteiger partial charge in [0.25, 0.3) is 0 Å². The molecule has 2 aromatic rings. The summed E-state index contributed by atoms with van der Waals surface area (Å²) < 4.78 is 0. The van der Waals surface area contributed by atoms with Crippen LogP contribution in [0.2, 0.25) is 0 Å². The van der Waals surface area contributed by atoms with E-state index in [1.165, 1.54) is 10.9 Å². The molecule has 0 bridgehead atoms. The fourth-order valence-corrected chi connectivity index (χ4v) is 3.12. The Labute approximate surface area is 126 Å². The lowest BCUT2D eigenvalue weighted by molar-refractivity contribution is 0.130. The van der Waals surface area contributed by atoms with Gasteiger partial charge in [0.2, 0.25) is 0 Å². The smallest absolute Gasteiger partial charge is 0.0708 e. The van der Waals surface area contributed by atoms with Crippen LogP contribution in [0.15, 0.2) is 30.3 Å². The molecule has 1 aliphatic heterocycles. The van der Waals surface area contributed by atoms with Crippen molar-refractivity contribution in [2.24, 2.45) is 5.73 Å². The maximum atomic E-state index is 5.63. The average molecular weight is 284 g/mol. The minimum atomic E-state index is 0.758. The maximum absolute atomic E-state index is 5.63. The standard InChI is InChI=1S/C17H24N4/c1-14-12-15(16-4-2-3-5-17(16)19-14)13-21-10-8-20(7-6-18)9-11-21/h2-5,12H,6-11,13,18H2,1H3. The number of benzene rings is 1. The fourth-order valence-electron chi connectivity index (χ4n) is 3.12. The quantitative estimate of drug-likeness (QED) is 0.927. The highest BCUT2D eigenvalue weighted by atomic mass is 15.3. The zero-order valence-corrected chi connectivity index (χ0v) is 12.8. The summed E-state index contributed by atoms with van der Waals surface area (Å²) in [6.07, 6.45) is 0. The first-order valence-electron chi connectivity index (χ1n) is 7.76. The summed E-state index contributed by atoms with van der Waals surface area (Å²) in [5.41, 5.74) is 9.24. The van der Waals surface area contributed by atoms with Gasteiger partial charge in [-0.05, 0) is 24.6 Å². The van der Waals surface area contributed by atoms with Gasteiger partial charge in [0.05, 0.1) is 5.52 Å². The Morgan fingerprint density at radius 3 is 2.57 bits per heavy atom. The monoisotopic (exact) mass is 284 g/mol. The van der Waals surface area contributed by atoms with E-state index in [1.807, 2.05) is 0 Å². The SMILES string of the molecule is Cc1cc(CN2CCN(CCN)CC2)c2ccccc2n1. The third-order valence-electron chi connectivity index (χ3n) is 4.23. The van der Waals surface area contributed by atoms with Crippen molar-refractivity contribution in [3.8, 4) is 0 Å². The van der Waals surface area contributed by atoms with E-state index in [2.05, 4.69) is 52.0 Å². The molecule has 3 rings (SSSR count). The van der Waals surface area contributed by atoms with Crippen LogP contribution in [0.1, 0.15) is 11.3 Å². The van der Waals surface area contributed by atoms with E-state index in [9.17, 15) is 0 Å². The normalized spacial score (nSPS) is 17.4. The molecule has 4 heteroatoms. The third-order valence-corrected chi connectivity index (χ3v) is 4.23. The molecule has 0 radical (unpaired) electrons. The number of pyridine rings is 1. The molecule has 2 heterocycles. The second kappa shape index (κ2) is 6.52. The highest BCUT2D eigenvalue weighted by Gasteiger charge is 2.17. The van der Waals surface area contributed by atoms with E-state index in [0.29, 0.717) is 0 Å². The fraction of sp³-hybridized carbons (Fsp3) is 0.471. The van der Waals surface area contributed by atoms with Gasteiger partial charge >= 0.3 is 0 Å². The van der Waals surface area contributed by atoms with Crippen molar-refractivity contribution < 1.29 is 0 Å². The van der Waals surface area contributed by atoms with Crippen molar-refractivity contribution >= 4 is 10.9 Å². The molecule has 4 nitrogen and oxygen atoms in total. The average Bonchev–Trinajstić information content (AvgIpc) is 2.49. The van der Waals surface area contributed by atoms with Gasteiger partial charge in [0.15, 0.2) is 0 Å². The van der Waals surface area contributed by atoms with Gasteiger partial charge in [-0.2, -0.15) is 0 Å². The number of nitrogens with zero attached hydrogens (tertiary/aromatic N) is 3. The predicted octanol–water partition coefficient (Wildman–Crippen LogP) is 1.62. The number of nitrogens with two attached hydrogens (primary N) is 1. The summed E-state index contributed by atoms with van der Waals surface area (Å²) in [6.45, 7) is 9.36. The topological polar surface area (TPSA) is 45.4 Å². The van der Waals surface area contributed by atoms with Gasteiger partial charge in [-0.15, -0.1) is 0 Å². The number of aryl methyl sites for hydroxylation is 1. The van der Waals surface area contributed by atoms with Crippen LogP contribution in [-0.2, 0) is 6.54 Å². The first kappa shape index (κ1) is 14.4. The number of fused-ring (bicyclic) bond motifs is 1. The lowest BCUT2D eigenvalue weighted by atomic mass is 10.1. The third kappa shape index (κ3) is 3.40. The van der Waals surface area contributed by atoms with Gasteiger partial charge in [0, 0.05) is 56.9 Å². The Balaban J connectivity index is 1.74. The zero-order chi connectivity index (χ0) is 14.7. The van der Waals surface area contributed by atoms with Gasteiger partial charge in [-0.3, -0.25) is 14.8 Å². The number of aromatic nitrogens is 1. The van der Waals surface area contributed by atoms with Crippen molar-refractivity contribution in [1.82, 2.24) is 14.8 Å².